The molecule has 0 aliphatic carbocycles. The standard InChI is InChI=1S/C15H16N6O2S2/c22-12-9-11(17-15-21(12)6-8-25-15)10-19-2-4-20(5-3-19)14(23)18-13-16-1-7-24-13/h1,6-9H,2-5,10H2,(H,16,18,23). The van der Waals surface area contributed by atoms with Crippen molar-refractivity contribution < 1.29 is 4.79 Å². The van der Waals surface area contributed by atoms with Gasteiger partial charge >= 0.3 is 6.03 Å². The van der Waals surface area contributed by atoms with E-state index in [2.05, 4.69) is 20.2 Å². The number of rotatable bonds is 3. The molecule has 1 saturated heterocycles. The van der Waals surface area contributed by atoms with Crippen LogP contribution in [0.5, 0.6) is 0 Å². The van der Waals surface area contributed by atoms with E-state index in [1.165, 1.54) is 22.7 Å². The van der Waals surface area contributed by atoms with Gasteiger partial charge in [0.25, 0.3) is 5.56 Å². The Hall–Kier alpha value is -2.30. The SMILES string of the molecule is O=C(Nc1nccs1)N1CCN(Cc2cc(=O)n3ccsc3n2)CC1. The number of hydrogen-bond acceptors (Lipinski definition) is 7. The number of carbonyl (C=O) groups excluding carboxylic acids is 1. The average Bonchev–Trinajstić information content (AvgIpc) is 3.27. The molecule has 0 unspecified atom stereocenters. The number of thiazole rings is 2. The molecule has 25 heavy (non-hydrogen) atoms. The van der Waals surface area contributed by atoms with Crippen LogP contribution in [0.25, 0.3) is 4.96 Å². The summed E-state index contributed by atoms with van der Waals surface area (Å²) in [5.74, 6) is 0. The molecular formula is C15H16N6O2S2. The number of aromatic nitrogens is 3. The van der Waals surface area contributed by atoms with E-state index < -0.39 is 0 Å². The number of fused-ring (bicyclic) bond motifs is 1. The van der Waals surface area contributed by atoms with Crippen LogP contribution in [0.4, 0.5) is 9.93 Å². The molecule has 8 nitrogen and oxygen atoms in total. The maximum Gasteiger partial charge on any atom is 0.323 e. The quantitative estimate of drug-likeness (QED) is 0.750. The minimum Gasteiger partial charge on any atom is -0.322 e. The molecule has 2 amide bonds. The van der Waals surface area contributed by atoms with Gasteiger partial charge in [0.15, 0.2) is 10.1 Å². The van der Waals surface area contributed by atoms with Crippen LogP contribution in [0.2, 0.25) is 0 Å². The smallest absolute Gasteiger partial charge is 0.322 e. The first-order valence-corrected chi connectivity index (χ1v) is 9.58. The van der Waals surface area contributed by atoms with Crippen LogP contribution in [-0.2, 0) is 6.54 Å². The highest BCUT2D eigenvalue weighted by Gasteiger charge is 2.22. The lowest BCUT2D eigenvalue weighted by Gasteiger charge is -2.34. The van der Waals surface area contributed by atoms with Crippen LogP contribution in [0, 0.1) is 0 Å². The van der Waals surface area contributed by atoms with Gasteiger partial charge in [-0.1, -0.05) is 0 Å². The van der Waals surface area contributed by atoms with Crippen LogP contribution in [0.1, 0.15) is 5.69 Å². The molecule has 3 aromatic heterocycles. The number of carbonyl (C=O) groups is 1. The Kier molecular flexibility index (Phi) is 4.47. The fourth-order valence-electron chi connectivity index (χ4n) is 2.76. The number of piperazine rings is 1. The van der Waals surface area contributed by atoms with Gasteiger partial charge in [-0.25, -0.2) is 14.8 Å². The van der Waals surface area contributed by atoms with Gasteiger partial charge < -0.3 is 4.90 Å². The summed E-state index contributed by atoms with van der Waals surface area (Å²) in [6.45, 7) is 3.38. The number of nitrogens with one attached hydrogen (secondary N) is 1. The molecule has 1 N–H and O–H groups in total. The fraction of sp³-hybridized carbons (Fsp3) is 0.333. The second kappa shape index (κ2) is 6.90. The summed E-state index contributed by atoms with van der Waals surface area (Å²) in [4.78, 5) is 37.5. The Morgan fingerprint density at radius 1 is 1.20 bits per heavy atom. The lowest BCUT2D eigenvalue weighted by Crippen LogP contribution is -2.49. The van der Waals surface area contributed by atoms with Crippen LogP contribution in [-0.4, -0.2) is 56.4 Å². The van der Waals surface area contributed by atoms with Crippen molar-refractivity contribution >= 4 is 38.8 Å². The number of urea groups is 1. The van der Waals surface area contributed by atoms with Gasteiger partial charge in [-0.3, -0.25) is 19.4 Å². The monoisotopic (exact) mass is 376 g/mol. The van der Waals surface area contributed by atoms with E-state index in [4.69, 9.17) is 0 Å². The molecule has 4 heterocycles. The molecule has 0 aromatic carbocycles. The number of hydrogen-bond donors (Lipinski definition) is 1. The molecule has 1 fully saturated rings. The largest absolute Gasteiger partial charge is 0.323 e. The maximum absolute atomic E-state index is 12.2. The highest BCUT2D eigenvalue weighted by molar-refractivity contribution is 7.15. The molecule has 0 bridgehead atoms. The van der Waals surface area contributed by atoms with Gasteiger partial charge in [-0.2, -0.15) is 0 Å². The number of amides is 2. The first-order valence-electron chi connectivity index (χ1n) is 7.82. The summed E-state index contributed by atoms with van der Waals surface area (Å²) in [6.07, 6.45) is 3.40. The Labute approximate surface area is 151 Å². The van der Waals surface area contributed by atoms with Gasteiger partial charge in [-0.05, 0) is 0 Å². The Balaban J connectivity index is 1.35. The van der Waals surface area contributed by atoms with Crippen LogP contribution in [0.3, 0.4) is 0 Å². The third kappa shape index (κ3) is 3.55. The zero-order valence-corrected chi connectivity index (χ0v) is 14.9. The summed E-state index contributed by atoms with van der Waals surface area (Å²) < 4.78 is 1.55. The minimum atomic E-state index is -0.119. The number of nitrogens with zero attached hydrogens (tertiary/aromatic N) is 5. The summed E-state index contributed by atoms with van der Waals surface area (Å²) >= 11 is 2.85. The van der Waals surface area contributed by atoms with E-state index in [-0.39, 0.29) is 11.6 Å². The van der Waals surface area contributed by atoms with Gasteiger partial charge in [-0.15, -0.1) is 22.7 Å². The zero-order chi connectivity index (χ0) is 17.2. The Bertz CT molecular complexity index is 927. The van der Waals surface area contributed by atoms with Crippen molar-refractivity contribution in [2.24, 2.45) is 0 Å². The summed E-state index contributed by atoms with van der Waals surface area (Å²) in [5, 5.41) is 7.10. The van der Waals surface area contributed by atoms with E-state index in [1.54, 1.807) is 27.8 Å². The van der Waals surface area contributed by atoms with Crippen molar-refractivity contribution in [1.29, 1.82) is 0 Å². The first-order chi connectivity index (χ1) is 12.2. The fourth-order valence-corrected chi connectivity index (χ4v) is 4.02. The minimum absolute atomic E-state index is 0.0530. The lowest BCUT2D eigenvalue weighted by atomic mass is 10.3. The van der Waals surface area contributed by atoms with E-state index in [0.29, 0.717) is 29.7 Å². The third-order valence-electron chi connectivity index (χ3n) is 4.05. The molecule has 1 aliphatic heterocycles. The third-order valence-corrected chi connectivity index (χ3v) is 5.49. The first kappa shape index (κ1) is 16.2. The van der Waals surface area contributed by atoms with Crippen molar-refractivity contribution in [3.05, 3.63) is 45.3 Å². The molecule has 10 heteroatoms. The molecule has 130 valence electrons. The molecule has 0 radical (unpaired) electrons. The van der Waals surface area contributed by atoms with E-state index >= 15 is 0 Å². The predicted molar refractivity (Wildman–Crippen MR) is 97.3 cm³/mol. The molecule has 1 aliphatic rings. The highest BCUT2D eigenvalue weighted by Crippen LogP contribution is 2.13. The van der Waals surface area contributed by atoms with Gasteiger partial charge in [0.05, 0.1) is 5.69 Å². The van der Waals surface area contributed by atoms with Crippen LogP contribution in [0.15, 0.2) is 34.0 Å². The molecular weight excluding hydrogens is 360 g/mol. The predicted octanol–water partition coefficient (Wildman–Crippen LogP) is 1.56. The van der Waals surface area contributed by atoms with E-state index in [1.807, 2.05) is 10.8 Å². The molecule has 0 spiro atoms. The van der Waals surface area contributed by atoms with Crippen molar-refractivity contribution in [1.82, 2.24) is 24.2 Å². The molecule has 0 atom stereocenters. The topological polar surface area (TPSA) is 82.8 Å². The van der Waals surface area contributed by atoms with Crippen LogP contribution >= 0.6 is 22.7 Å². The van der Waals surface area contributed by atoms with Gasteiger partial charge in [0.2, 0.25) is 0 Å². The normalized spacial score (nSPS) is 15.6. The second-order valence-electron chi connectivity index (χ2n) is 5.67. The van der Waals surface area contributed by atoms with Crippen molar-refractivity contribution in [2.45, 2.75) is 6.54 Å². The molecule has 4 rings (SSSR count). The lowest BCUT2D eigenvalue weighted by molar-refractivity contribution is 0.142. The number of anilines is 1. The van der Waals surface area contributed by atoms with Crippen LogP contribution < -0.4 is 10.9 Å². The zero-order valence-electron chi connectivity index (χ0n) is 13.3. The summed E-state index contributed by atoms with van der Waals surface area (Å²) in [7, 11) is 0. The molecule has 0 saturated carbocycles. The molecule has 3 aromatic rings. The Morgan fingerprint density at radius 2 is 2.04 bits per heavy atom. The Morgan fingerprint density at radius 3 is 2.80 bits per heavy atom. The summed E-state index contributed by atoms with van der Waals surface area (Å²) in [5.41, 5.74) is 0.718. The van der Waals surface area contributed by atoms with Gasteiger partial charge in [0, 0.05) is 61.9 Å². The van der Waals surface area contributed by atoms with E-state index in [0.717, 1.165) is 18.8 Å². The summed E-state index contributed by atoms with van der Waals surface area (Å²) in [6, 6.07) is 1.47. The van der Waals surface area contributed by atoms with Crippen molar-refractivity contribution in [3.63, 3.8) is 0 Å². The average molecular weight is 376 g/mol. The van der Waals surface area contributed by atoms with Gasteiger partial charge in [0.1, 0.15) is 0 Å². The highest BCUT2D eigenvalue weighted by atomic mass is 32.1. The second-order valence-corrected chi connectivity index (χ2v) is 7.44. The van der Waals surface area contributed by atoms with Crippen molar-refractivity contribution in [2.75, 3.05) is 31.5 Å². The maximum atomic E-state index is 12.2. The van der Waals surface area contributed by atoms with E-state index in [9.17, 15) is 9.59 Å². The van der Waals surface area contributed by atoms with Crippen molar-refractivity contribution in [3.8, 4) is 0 Å².